The minimum atomic E-state index is -0.0863. The molecule has 3 rings (SSSR count). The SMILES string of the molecule is CC1CC(C)CN(CC(C)NC(=O)C2CCN(C(=O)Nc3ccccc3)CC2)C1. The van der Waals surface area contributed by atoms with E-state index in [2.05, 4.69) is 36.3 Å². The van der Waals surface area contributed by atoms with Crippen molar-refractivity contribution in [2.24, 2.45) is 17.8 Å². The summed E-state index contributed by atoms with van der Waals surface area (Å²) in [5.74, 6) is 1.59. The average molecular weight is 401 g/mol. The van der Waals surface area contributed by atoms with Crippen molar-refractivity contribution < 1.29 is 9.59 Å². The van der Waals surface area contributed by atoms with Crippen molar-refractivity contribution in [3.05, 3.63) is 30.3 Å². The predicted molar refractivity (Wildman–Crippen MR) is 117 cm³/mol. The first kappa shape index (κ1) is 21.6. The van der Waals surface area contributed by atoms with E-state index < -0.39 is 0 Å². The monoisotopic (exact) mass is 400 g/mol. The number of carbonyl (C=O) groups excluding carboxylic acids is 2. The number of para-hydroxylation sites is 1. The lowest BCUT2D eigenvalue weighted by atomic mass is 9.91. The Labute approximate surface area is 175 Å². The van der Waals surface area contributed by atoms with Gasteiger partial charge < -0.3 is 20.4 Å². The Hall–Kier alpha value is -2.08. The van der Waals surface area contributed by atoms with E-state index in [4.69, 9.17) is 0 Å². The van der Waals surface area contributed by atoms with E-state index in [1.807, 2.05) is 30.3 Å². The number of rotatable bonds is 5. The van der Waals surface area contributed by atoms with Crippen molar-refractivity contribution in [1.82, 2.24) is 15.1 Å². The maximum Gasteiger partial charge on any atom is 0.321 e. The molecule has 2 saturated heterocycles. The number of urea groups is 1. The number of benzene rings is 1. The Morgan fingerprint density at radius 1 is 1.07 bits per heavy atom. The van der Waals surface area contributed by atoms with E-state index >= 15 is 0 Å². The molecule has 0 spiro atoms. The summed E-state index contributed by atoms with van der Waals surface area (Å²) >= 11 is 0. The summed E-state index contributed by atoms with van der Waals surface area (Å²) in [5.41, 5.74) is 0.799. The van der Waals surface area contributed by atoms with Gasteiger partial charge in [-0.15, -0.1) is 0 Å². The molecule has 2 fully saturated rings. The number of carbonyl (C=O) groups is 2. The van der Waals surface area contributed by atoms with Crippen LogP contribution in [0.15, 0.2) is 30.3 Å². The van der Waals surface area contributed by atoms with Gasteiger partial charge in [0.15, 0.2) is 0 Å². The summed E-state index contributed by atoms with van der Waals surface area (Å²) in [6.07, 6.45) is 2.74. The number of hydrogen-bond donors (Lipinski definition) is 2. The lowest BCUT2D eigenvalue weighted by Gasteiger charge is -2.37. The Balaban J connectivity index is 1.39. The fraction of sp³-hybridized carbons (Fsp3) is 0.652. The molecule has 2 N–H and O–H groups in total. The maximum absolute atomic E-state index is 12.7. The number of hydrogen-bond acceptors (Lipinski definition) is 3. The molecule has 3 unspecified atom stereocenters. The van der Waals surface area contributed by atoms with Gasteiger partial charge in [0.25, 0.3) is 0 Å². The largest absolute Gasteiger partial charge is 0.352 e. The van der Waals surface area contributed by atoms with E-state index in [1.54, 1.807) is 4.90 Å². The van der Waals surface area contributed by atoms with Crippen LogP contribution in [-0.2, 0) is 4.79 Å². The van der Waals surface area contributed by atoms with Gasteiger partial charge in [-0.25, -0.2) is 4.79 Å². The molecule has 3 amide bonds. The summed E-state index contributed by atoms with van der Waals surface area (Å²) in [6, 6.07) is 9.55. The topological polar surface area (TPSA) is 64.7 Å². The molecule has 6 nitrogen and oxygen atoms in total. The average Bonchev–Trinajstić information content (AvgIpc) is 2.68. The van der Waals surface area contributed by atoms with E-state index in [1.165, 1.54) is 6.42 Å². The highest BCUT2D eigenvalue weighted by atomic mass is 16.2. The molecule has 0 aromatic heterocycles. The molecule has 2 aliphatic heterocycles. The van der Waals surface area contributed by atoms with Gasteiger partial charge in [-0.1, -0.05) is 32.0 Å². The van der Waals surface area contributed by atoms with Gasteiger partial charge in [-0.2, -0.15) is 0 Å². The van der Waals surface area contributed by atoms with Gasteiger partial charge >= 0.3 is 6.03 Å². The summed E-state index contributed by atoms with van der Waals surface area (Å²) in [5, 5.41) is 6.13. The van der Waals surface area contributed by atoms with Crippen LogP contribution >= 0.6 is 0 Å². The van der Waals surface area contributed by atoms with Crippen LogP contribution in [0.1, 0.15) is 40.0 Å². The number of likely N-dealkylation sites (tertiary alicyclic amines) is 2. The molecule has 2 heterocycles. The molecular weight excluding hydrogens is 364 g/mol. The Morgan fingerprint density at radius 3 is 2.31 bits per heavy atom. The highest BCUT2D eigenvalue weighted by Gasteiger charge is 2.29. The first-order valence-corrected chi connectivity index (χ1v) is 11.0. The van der Waals surface area contributed by atoms with Crippen LogP contribution in [0.4, 0.5) is 10.5 Å². The van der Waals surface area contributed by atoms with E-state index in [0.29, 0.717) is 13.1 Å². The standard InChI is InChI=1S/C23H36N4O2/c1-17-13-18(2)15-26(14-17)16-19(3)24-22(28)20-9-11-27(12-10-20)23(29)25-21-7-5-4-6-8-21/h4-8,17-20H,9-16H2,1-3H3,(H,24,28)(H,25,29). The fourth-order valence-electron chi connectivity index (χ4n) is 4.80. The van der Waals surface area contributed by atoms with Crippen LogP contribution in [0.3, 0.4) is 0 Å². The molecule has 160 valence electrons. The van der Waals surface area contributed by atoms with E-state index in [-0.39, 0.29) is 23.9 Å². The quantitative estimate of drug-likeness (QED) is 0.796. The highest BCUT2D eigenvalue weighted by molar-refractivity contribution is 5.89. The maximum atomic E-state index is 12.7. The second-order valence-electron chi connectivity index (χ2n) is 9.13. The first-order valence-electron chi connectivity index (χ1n) is 11.0. The molecule has 0 bridgehead atoms. The smallest absolute Gasteiger partial charge is 0.321 e. The van der Waals surface area contributed by atoms with Gasteiger partial charge in [0.05, 0.1) is 0 Å². The molecule has 1 aromatic rings. The van der Waals surface area contributed by atoms with Crippen LogP contribution in [0.5, 0.6) is 0 Å². The number of nitrogens with zero attached hydrogens (tertiary/aromatic N) is 2. The lowest BCUT2D eigenvalue weighted by Crippen LogP contribution is -2.50. The van der Waals surface area contributed by atoms with Crippen molar-refractivity contribution in [3.8, 4) is 0 Å². The Kier molecular flexibility index (Phi) is 7.53. The normalized spacial score (nSPS) is 24.7. The third-order valence-corrected chi connectivity index (χ3v) is 6.04. The van der Waals surface area contributed by atoms with Crippen molar-refractivity contribution >= 4 is 17.6 Å². The van der Waals surface area contributed by atoms with Crippen LogP contribution in [0.2, 0.25) is 0 Å². The van der Waals surface area contributed by atoms with Gasteiger partial charge in [0, 0.05) is 50.4 Å². The predicted octanol–water partition coefficient (Wildman–Crippen LogP) is 3.41. The first-order chi connectivity index (χ1) is 13.9. The molecule has 6 heteroatoms. The molecule has 3 atom stereocenters. The van der Waals surface area contributed by atoms with Crippen molar-refractivity contribution in [3.63, 3.8) is 0 Å². The molecule has 0 aliphatic carbocycles. The second kappa shape index (κ2) is 10.1. The van der Waals surface area contributed by atoms with Gasteiger partial charge in [-0.05, 0) is 50.2 Å². The fourth-order valence-corrected chi connectivity index (χ4v) is 4.80. The van der Waals surface area contributed by atoms with Crippen molar-refractivity contribution in [1.29, 1.82) is 0 Å². The number of anilines is 1. The zero-order valence-corrected chi connectivity index (χ0v) is 18.1. The lowest BCUT2D eigenvalue weighted by molar-refractivity contribution is -0.127. The van der Waals surface area contributed by atoms with Crippen LogP contribution < -0.4 is 10.6 Å². The van der Waals surface area contributed by atoms with Crippen molar-refractivity contribution in [2.75, 3.05) is 38.0 Å². The van der Waals surface area contributed by atoms with Gasteiger partial charge in [-0.3, -0.25) is 4.79 Å². The van der Waals surface area contributed by atoms with Crippen LogP contribution in [0, 0.1) is 17.8 Å². The molecule has 0 saturated carbocycles. The minimum absolute atomic E-state index is 0.00238. The summed E-state index contributed by atoms with van der Waals surface area (Å²) in [7, 11) is 0. The third kappa shape index (κ3) is 6.46. The summed E-state index contributed by atoms with van der Waals surface area (Å²) < 4.78 is 0. The molecule has 0 radical (unpaired) electrons. The minimum Gasteiger partial charge on any atom is -0.352 e. The molecular formula is C23H36N4O2. The van der Waals surface area contributed by atoms with Crippen LogP contribution in [0.25, 0.3) is 0 Å². The summed E-state index contributed by atoms with van der Waals surface area (Å²) in [6.45, 7) is 11.1. The summed E-state index contributed by atoms with van der Waals surface area (Å²) in [4.78, 5) is 29.4. The van der Waals surface area contributed by atoms with E-state index in [9.17, 15) is 9.59 Å². The highest BCUT2D eigenvalue weighted by Crippen LogP contribution is 2.22. The van der Waals surface area contributed by atoms with Crippen LogP contribution in [-0.4, -0.2) is 60.5 Å². The van der Waals surface area contributed by atoms with Crippen molar-refractivity contribution in [2.45, 2.75) is 46.1 Å². The molecule has 2 aliphatic rings. The number of nitrogens with one attached hydrogen (secondary N) is 2. The third-order valence-electron chi connectivity index (χ3n) is 6.04. The van der Waals surface area contributed by atoms with Gasteiger partial charge in [0.1, 0.15) is 0 Å². The molecule has 1 aromatic carbocycles. The van der Waals surface area contributed by atoms with E-state index in [0.717, 1.165) is 50.0 Å². The Morgan fingerprint density at radius 2 is 1.69 bits per heavy atom. The van der Waals surface area contributed by atoms with Gasteiger partial charge in [0.2, 0.25) is 5.91 Å². The zero-order chi connectivity index (χ0) is 20.8. The number of piperidine rings is 2. The number of amides is 3. The zero-order valence-electron chi connectivity index (χ0n) is 18.1. The second-order valence-corrected chi connectivity index (χ2v) is 9.13. The molecule has 29 heavy (non-hydrogen) atoms. The Bertz CT molecular complexity index is 663.